The van der Waals surface area contributed by atoms with Crippen molar-refractivity contribution in [2.24, 2.45) is 24.4 Å². The summed E-state index contributed by atoms with van der Waals surface area (Å²) in [7, 11) is 1.70. The molecule has 3 aliphatic rings. The average Bonchev–Trinajstić information content (AvgIpc) is 3.78. The van der Waals surface area contributed by atoms with Crippen LogP contribution in [0.25, 0.3) is 11.0 Å². The van der Waals surface area contributed by atoms with Crippen LogP contribution in [0.5, 0.6) is 0 Å². The highest BCUT2D eigenvalue weighted by molar-refractivity contribution is 6.07. The lowest BCUT2D eigenvalue weighted by Crippen LogP contribution is -2.50. The Balaban J connectivity index is 0.00000183. The largest absolute Gasteiger partial charge is 0.481 e. The molecule has 17 nitrogen and oxygen atoms in total. The van der Waals surface area contributed by atoms with Crippen molar-refractivity contribution < 1.29 is 48.1 Å². The van der Waals surface area contributed by atoms with Crippen molar-refractivity contribution >= 4 is 52.1 Å². The van der Waals surface area contributed by atoms with Crippen molar-refractivity contribution in [2.75, 3.05) is 31.3 Å². The number of fused-ring (bicyclic) bond motifs is 1. The summed E-state index contributed by atoms with van der Waals surface area (Å²) < 4.78 is 21.1. The van der Waals surface area contributed by atoms with Gasteiger partial charge in [-0.1, -0.05) is 48.5 Å². The Morgan fingerprint density at radius 2 is 1.47 bits per heavy atom. The first-order valence-electron chi connectivity index (χ1n) is 23.7. The second kappa shape index (κ2) is 24.3. The number of carbonyl (C=O) groups excluding carboxylic acids is 5. The molecule has 1 saturated heterocycles. The van der Waals surface area contributed by atoms with Crippen molar-refractivity contribution in [3.63, 3.8) is 0 Å². The van der Waals surface area contributed by atoms with Gasteiger partial charge in [0.05, 0.1) is 41.5 Å². The molecule has 3 aliphatic heterocycles. The molecule has 1 aromatic heterocycles. The monoisotopic (exact) mass is 938 g/mol. The van der Waals surface area contributed by atoms with Gasteiger partial charge in [0.1, 0.15) is 6.04 Å². The second-order valence-corrected chi connectivity index (χ2v) is 18.1. The highest BCUT2D eigenvalue weighted by Crippen LogP contribution is 2.40. The van der Waals surface area contributed by atoms with Crippen LogP contribution < -0.4 is 27.4 Å². The summed E-state index contributed by atoms with van der Waals surface area (Å²) in [6, 6.07) is 18.1. The van der Waals surface area contributed by atoms with Crippen LogP contribution in [-0.2, 0) is 82.3 Å². The molecular weight excluding hydrogens is 873 g/mol. The maximum Gasteiger partial charge on any atom is 0.329 e. The summed E-state index contributed by atoms with van der Waals surface area (Å²) in [5.41, 5.74) is 19.1. The van der Waals surface area contributed by atoms with E-state index < -0.39 is 35.9 Å². The maximum atomic E-state index is 13.9. The second-order valence-electron chi connectivity index (χ2n) is 18.1. The molecule has 4 aromatic rings. The van der Waals surface area contributed by atoms with Gasteiger partial charge in [-0.25, -0.2) is 4.79 Å². The van der Waals surface area contributed by atoms with Crippen molar-refractivity contribution in [2.45, 2.75) is 128 Å². The number of nitrogens with two attached hydrogens (primary N) is 2. The molecule has 4 heterocycles. The van der Waals surface area contributed by atoms with E-state index in [1.54, 1.807) is 16.5 Å². The number of piperidine rings is 1. The Bertz CT molecular complexity index is 2490. The van der Waals surface area contributed by atoms with Crippen LogP contribution in [0.15, 0.2) is 65.5 Å². The lowest BCUT2D eigenvalue weighted by atomic mass is 9.89. The SMILES string of the molecule is CC(=O)O.C[C@@H](OCc1ccc(CCCOCCCOCCCc2ccc3c(c2)n(C)c(=O)n3C2CCC(=O)NC2=O)cc1)[C@H](CCC(N)=O)CC(=O)[C@@H]1Cc2cccc3c2N1C(=O)[C@@H](N)CC3. The first-order valence-corrected chi connectivity index (χ1v) is 23.7. The van der Waals surface area contributed by atoms with Crippen molar-refractivity contribution in [1.82, 2.24) is 14.5 Å². The van der Waals surface area contributed by atoms with Crippen LogP contribution in [0.1, 0.15) is 105 Å². The van der Waals surface area contributed by atoms with E-state index in [1.165, 1.54) is 10.1 Å². The first-order chi connectivity index (χ1) is 32.6. The van der Waals surface area contributed by atoms with E-state index in [-0.39, 0.29) is 54.6 Å². The minimum atomic E-state index is -0.833. The van der Waals surface area contributed by atoms with Gasteiger partial charge in [-0.2, -0.15) is 0 Å². The quantitative estimate of drug-likeness (QED) is 0.0599. The number of imide groups is 1. The number of rotatable bonds is 23. The van der Waals surface area contributed by atoms with Crippen LogP contribution in [0, 0.1) is 5.92 Å². The van der Waals surface area contributed by atoms with Crippen molar-refractivity contribution in [1.29, 1.82) is 0 Å². The number of imidazole rings is 1. The third-order valence-electron chi connectivity index (χ3n) is 13.0. The predicted octanol–water partition coefficient (Wildman–Crippen LogP) is 4.37. The topological polar surface area (TPSA) is 245 Å². The fraction of sp³-hybridized carbons (Fsp3) is 0.510. The van der Waals surface area contributed by atoms with Crippen molar-refractivity contribution in [3.8, 4) is 0 Å². The molecule has 366 valence electrons. The molecule has 5 atom stereocenters. The van der Waals surface area contributed by atoms with E-state index >= 15 is 0 Å². The Morgan fingerprint density at radius 3 is 2.15 bits per heavy atom. The minimum absolute atomic E-state index is 0.0607. The highest BCUT2D eigenvalue weighted by Gasteiger charge is 2.43. The van der Waals surface area contributed by atoms with Gasteiger partial charge in [-0.3, -0.25) is 48.1 Å². The van der Waals surface area contributed by atoms with Crippen LogP contribution in [0.4, 0.5) is 5.69 Å². The number of carboxylic acid groups (broad SMARTS) is 1. The molecule has 68 heavy (non-hydrogen) atoms. The van der Waals surface area contributed by atoms with E-state index in [2.05, 4.69) is 17.4 Å². The van der Waals surface area contributed by atoms with Gasteiger partial charge in [0.15, 0.2) is 5.78 Å². The average molecular weight is 939 g/mol. The minimum Gasteiger partial charge on any atom is -0.481 e. The zero-order valence-corrected chi connectivity index (χ0v) is 39.4. The fourth-order valence-corrected chi connectivity index (χ4v) is 9.32. The molecule has 6 N–H and O–H groups in total. The van der Waals surface area contributed by atoms with E-state index in [0.717, 1.165) is 72.5 Å². The molecule has 0 aliphatic carbocycles. The summed E-state index contributed by atoms with van der Waals surface area (Å²) in [4.78, 5) is 86.9. The van der Waals surface area contributed by atoms with E-state index in [9.17, 15) is 28.8 Å². The number of anilines is 1. The number of carboxylic acids is 1. The van der Waals surface area contributed by atoms with Gasteiger partial charge in [-0.05, 0) is 111 Å². The molecule has 7 rings (SSSR count). The van der Waals surface area contributed by atoms with Crippen LogP contribution in [0.3, 0.4) is 0 Å². The molecule has 3 aromatic carbocycles. The summed E-state index contributed by atoms with van der Waals surface area (Å²) in [5.74, 6) is -2.55. The number of primary amides is 1. The van der Waals surface area contributed by atoms with Gasteiger partial charge in [0, 0.05) is 66.1 Å². The summed E-state index contributed by atoms with van der Waals surface area (Å²) >= 11 is 0. The number of hydrogen-bond acceptors (Lipinski definition) is 11. The molecule has 0 bridgehead atoms. The lowest BCUT2D eigenvalue weighted by Gasteiger charge is -2.29. The van der Waals surface area contributed by atoms with Crippen LogP contribution in [0.2, 0.25) is 0 Å². The molecule has 4 amide bonds. The Labute approximate surface area is 396 Å². The third-order valence-corrected chi connectivity index (χ3v) is 13.0. The summed E-state index contributed by atoms with van der Waals surface area (Å²) in [6.45, 7) is 5.85. The Morgan fingerprint density at radius 1 is 0.838 bits per heavy atom. The number of nitrogens with one attached hydrogen (secondary N) is 1. The number of nitrogens with zero attached hydrogens (tertiary/aromatic N) is 3. The van der Waals surface area contributed by atoms with E-state index in [0.29, 0.717) is 70.7 Å². The molecule has 0 spiro atoms. The molecule has 0 saturated carbocycles. The maximum absolute atomic E-state index is 13.9. The van der Waals surface area contributed by atoms with Crippen LogP contribution in [-0.4, -0.2) is 94.2 Å². The number of amides is 4. The summed E-state index contributed by atoms with van der Waals surface area (Å²) in [6.07, 6.45) is 6.76. The number of aliphatic carboxylic acids is 1. The van der Waals surface area contributed by atoms with Gasteiger partial charge in [0.25, 0.3) is 5.97 Å². The highest BCUT2D eigenvalue weighted by atomic mass is 16.5. The van der Waals surface area contributed by atoms with Gasteiger partial charge in [0.2, 0.25) is 23.6 Å². The number of hydrogen-bond donors (Lipinski definition) is 4. The zero-order chi connectivity index (χ0) is 48.9. The molecular formula is C51H66N6O11. The number of benzene rings is 3. The fourth-order valence-electron chi connectivity index (χ4n) is 9.32. The van der Waals surface area contributed by atoms with E-state index in [1.807, 2.05) is 55.5 Å². The number of ether oxygens (including phenoxy) is 3. The number of Topliss-reactive ketones (excluding diaryl/α,β-unsaturated/α-hetero) is 1. The molecule has 17 heteroatoms. The van der Waals surface area contributed by atoms with Gasteiger partial charge < -0.3 is 30.8 Å². The van der Waals surface area contributed by atoms with Crippen molar-refractivity contribution in [3.05, 3.63) is 99.0 Å². The molecule has 1 unspecified atom stereocenters. The first kappa shape index (κ1) is 51.4. The van der Waals surface area contributed by atoms with E-state index in [4.69, 9.17) is 35.6 Å². The smallest absolute Gasteiger partial charge is 0.329 e. The summed E-state index contributed by atoms with van der Waals surface area (Å²) in [5, 5.41) is 9.76. The number of aromatic nitrogens is 2. The lowest BCUT2D eigenvalue weighted by molar-refractivity contribution is -0.136. The number of carbonyl (C=O) groups is 6. The predicted molar refractivity (Wildman–Crippen MR) is 255 cm³/mol. The molecule has 0 radical (unpaired) electrons. The van der Waals surface area contributed by atoms with Gasteiger partial charge >= 0.3 is 5.69 Å². The third kappa shape index (κ3) is 13.4. The standard InChI is InChI=1S/C49H62N6O9.C2H4O2/c1-31(36(17-21-44(51)57)29-43(56)42-28-37-10-3-9-35-16-18-38(50)48(60)55(42)46(35)37)64-30-34-13-11-32(12-14-34)7-4-23-62-25-6-26-63-24-5-8-33-15-19-39-41(27-33)53(2)49(61)54(39)40-20-22-45(58)52-47(40)59;1-2(3)4/h3,9-15,19,27,31,36,38,40,42H,4-8,16-18,20-26,28-30,50H2,1-2H3,(H2,51,57)(H,52,58,59);1H3,(H,3,4)/t31-,36-,38+,40?,42+;/m1./s1. The van der Waals surface area contributed by atoms with Gasteiger partial charge in [-0.15, -0.1) is 0 Å². The Kier molecular flexibility index (Phi) is 18.4. The number of ketones is 1. The number of para-hydroxylation sites is 1. The zero-order valence-electron chi connectivity index (χ0n) is 39.4. The number of aryl methyl sites for hydroxylation is 4. The normalized spacial score (nSPS) is 18.6. The Hall–Kier alpha value is -6.01. The molecule has 1 fully saturated rings. The van der Waals surface area contributed by atoms with Crippen LogP contribution >= 0.6 is 0 Å².